The molecule has 0 aliphatic carbocycles. The molecule has 18 heavy (non-hydrogen) atoms. The largest absolute Gasteiger partial charge is 0.103 e. The minimum absolute atomic E-state index is 0.893. The smallest absolute Gasteiger partial charge is 0.00913 e. The summed E-state index contributed by atoms with van der Waals surface area (Å²) in [5.41, 5.74) is 0. The minimum atomic E-state index is 0.893. The van der Waals surface area contributed by atoms with Gasteiger partial charge in [-0.1, -0.05) is 72.1 Å². The Morgan fingerprint density at radius 2 is 1.44 bits per heavy atom. The first-order valence-electron chi connectivity index (χ1n) is 7.89. The molecule has 0 heteroatoms. The van der Waals surface area contributed by atoms with E-state index in [-0.39, 0.29) is 0 Å². The van der Waals surface area contributed by atoms with Crippen molar-refractivity contribution in [3.05, 3.63) is 13.8 Å². The van der Waals surface area contributed by atoms with E-state index in [1.165, 1.54) is 51.4 Å². The normalized spacial score (nSPS) is 11.9. The maximum absolute atomic E-state index is 3.89. The highest BCUT2D eigenvalue weighted by Crippen LogP contribution is 2.19. The fraction of sp³-hybridized carbons (Fsp3) is 0.778. The lowest BCUT2D eigenvalue weighted by Gasteiger charge is -2.12. The SMILES string of the molecule is [CH2]CCCCC#CCCC(CC)CCCCC[CH2]. The zero-order valence-electron chi connectivity index (χ0n) is 12.5. The Morgan fingerprint density at radius 1 is 0.778 bits per heavy atom. The third-order valence-corrected chi connectivity index (χ3v) is 3.54. The van der Waals surface area contributed by atoms with Gasteiger partial charge in [0.15, 0.2) is 0 Å². The Morgan fingerprint density at radius 3 is 2.11 bits per heavy atom. The average molecular weight is 248 g/mol. The maximum Gasteiger partial charge on any atom is 0.00913 e. The van der Waals surface area contributed by atoms with E-state index in [4.69, 9.17) is 0 Å². The van der Waals surface area contributed by atoms with Crippen LogP contribution < -0.4 is 0 Å². The van der Waals surface area contributed by atoms with Crippen molar-refractivity contribution in [3.63, 3.8) is 0 Å². The third-order valence-electron chi connectivity index (χ3n) is 3.54. The van der Waals surface area contributed by atoms with Crippen LogP contribution in [0.15, 0.2) is 0 Å². The van der Waals surface area contributed by atoms with Crippen molar-refractivity contribution >= 4 is 0 Å². The summed E-state index contributed by atoms with van der Waals surface area (Å²) < 4.78 is 0. The molecule has 0 fully saturated rings. The van der Waals surface area contributed by atoms with Crippen LogP contribution in [0.25, 0.3) is 0 Å². The van der Waals surface area contributed by atoms with Crippen LogP contribution >= 0.6 is 0 Å². The minimum Gasteiger partial charge on any atom is -0.103 e. The Labute approximate surface area is 116 Å². The molecule has 1 unspecified atom stereocenters. The van der Waals surface area contributed by atoms with Gasteiger partial charge in [-0.2, -0.15) is 0 Å². The zero-order valence-corrected chi connectivity index (χ0v) is 12.5. The number of hydrogen-bond donors (Lipinski definition) is 0. The summed E-state index contributed by atoms with van der Waals surface area (Å²) in [5, 5.41) is 0. The van der Waals surface area contributed by atoms with Gasteiger partial charge in [0.05, 0.1) is 0 Å². The molecule has 0 bridgehead atoms. The standard InChI is InChI=1S/C18H32/c1-4-7-9-11-12-13-15-17-18(6-3)16-14-10-8-5-2/h18H,1-2,4-11,14-17H2,3H3. The summed E-state index contributed by atoms with van der Waals surface area (Å²) in [6.07, 6.45) is 14.8. The van der Waals surface area contributed by atoms with Crippen LogP contribution in [0.1, 0.15) is 84.0 Å². The molecular weight excluding hydrogens is 216 g/mol. The van der Waals surface area contributed by atoms with Gasteiger partial charge in [0.2, 0.25) is 0 Å². The molecule has 0 heterocycles. The second kappa shape index (κ2) is 14.6. The van der Waals surface area contributed by atoms with Gasteiger partial charge in [0.25, 0.3) is 0 Å². The van der Waals surface area contributed by atoms with Gasteiger partial charge >= 0.3 is 0 Å². The van der Waals surface area contributed by atoms with Crippen molar-refractivity contribution in [1.29, 1.82) is 0 Å². The van der Waals surface area contributed by atoms with Crippen LogP contribution in [0.3, 0.4) is 0 Å². The van der Waals surface area contributed by atoms with E-state index in [1.807, 2.05) is 0 Å². The summed E-state index contributed by atoms with van der Waals surface area (Å²) in [6.45, 7) is 10.0. The predicted octanol–water partition coefficient (Wildman–Crippen LogP) is 5.98. The number of rotatable bonds is 11. The molecule has 0 saturated carbocycles. The Kier molecular flexibility index (Phi) is 14.3. The van der Waals surface area contributed by atoms with Gasteiger partial charge in [-0.25, -0.2) is 0 Å². The Bertz CT molecular complexity index is 206. The zero-order chi connectivity index (χ0) is 13.5. The first kappa shape index (κ1) is 17.6. The summed E-state index contributed by atoms with van der Waals surface area (Å²) in [5.74, 6) is 7.51. The van der Waals surface area contributed by atoms with Gasteiger partial charge in [-0.15, -0.1) is 11.8 Å². The molecule has 0 aromatic rings. The molecule has 0 amide bonds. The van der Waals surface area contributed by atoms with E-state index in [9.17, 15) is 0 Å². The number of hydrogen-bond acceptors (Lipinski definition) is 0. The van der Waals surface area contributed by atoms with Crippen LogP contribution in [0.5, 0.6) is 0 Å². The number of unbranched alkanes of at least 4 members (excludes halogenated alkanes) is 6. The topological polar surface area (TPSA) is 0 Å². The van der Waals surface area contributed by atoms with Gasteiger partial charge < -0.3 is 0 Å². The van der Waals surface area contributed by atoms with Crippen molar-refractivity contribution in [2.24, 2.45) is 5.92 Å². The summed E-state index contributed by atoms with van der Waals surface area (Å²) in [6, 6.07) is 0. The molecule has 0 aromatic heterocycles. The first-order chi connectivity index (χ1) is 8.85. The molecule has 0 rings (SSSR count). The summed E-state index contributed by atoms with van der Waals surface area (Å²) >= 11 is 0. The first-order valence-corrected chi connectivity index (χ1v) is 7.89. The molecular formula is C18H32. The fourth-order valence-electron chi connectivity index (χ4n) is 2.18. The highest BCUT2D eigenvalue weighted by atomic mass is 14.1. The second-order valence-corrected chi connectivity index (χ2v) is 5.18. The summed E-state index contributed by atoms with van der Waals surface area (Å²) in [7, 11) is 0. The molecule has 1 atom stereocenters. The van der Waals surface area contributed by atoms with Gasteiger partial charge in [-0.3, -0.25) is 0 Å². The van der Waals surface area contributed by atoms with E-state index in [2.05, 4.69) is 32.6 Å². The highest BCUT2D eigenvalue weighted by Gasteiger charge is 2.04. The van der Waals surface area contributed by atoms with Crippen LogP contribution in [0.4, 0.5) is 0 Å². The second-order valence-electron chi connectivity index (χ2n) is 5.18. The van der Waals surface area contributed by atoms with E-state index in [0.717, 1.165) is 31.6 Å². The lowest BCUT2D eigenvalue weighted by molar-refractivity contribution is 0.420. The van der Waals surface area contributed by atoms with Crippen molar-refractivity contribution in [2.45, 2.75) is 84.0 Å². The average Bonchev–Trinajstić information content (AvgIpc) is 2.40. The van der Waals surface area contributed by atoms with Gasteiger partial charge in [0, 0.05) is 12.8 Å². The lowest BCUT2D eigenvalue weighted by atomic mass is 9.94. The lowest BCUT2D eigenvalue weighted by Crippen LogP contribution is -1.98. The van der Waals surface area contributed by atoms with Crippen molar-refractivity contribution in [2.75, 3.05) is 0 Å². The Hall–Kier alpha value is -0.440. The van der Waals surface area contributed by atoms with Crippen molar-refractivity contribution in [3.8, 4) is 11.8 Å². The molecule has 0 aliphatic rings. The van der Waals surface area contributed by atoms with Gasteiger partial charge in [0.1, 0.15) is 0 Å². The van der Waals surface area contributed by atoms with Crippen LogP contribution in [-0.2, 0) is 0 Å². The Balaban J connectivity index is 3.48. The van der Waals surface area contributed by atoms with E-state index < -0.39 is 0 Å². The van der Waals surface area contributed by atoms with Crippen molar-refractivity contribution in [1.82, 2.24) is 0 Å². The maximum atomic E-state index is 3.89. The van der Waals surface area contributed by atoms with Crippen molar-refractivity contribution < 1.29 is 0 Å². The molecule has 0 nitrogen and oxygen atoms in total. The van der Waals surface area contributed by atoms with Crippen LogP contribution in [0.2, 0.25) is 0 Å². The van der Waals surface area contributed by atoms with E-state index >= 15 is 0 Å². The molecule has 0 saturated heterocycles. The molecule has 0 N–H and O–H groups in total. The summed E-state index contributed by atoms with van der Waals surface area (Å²) in [4.78, 5) is 0. The molecule has 0 aromatic carbocycles. The fourth-order valence-corrected chi connectivity index (χ4v) is 2.18. The highest BCUT2D eigenvalue weighted by molar-refractivity contribution is 4.98. The molecule has 0 aliphatic heterocycles. The molecule has 2 radical (unpaired) electrons. The molecule has 0 spiro atoms. The third kappa shape index (κ3) is 12.0. The quantitative estimate of drug-likeness (QED) is 0.312. The van der Waals surface area contributed by atoms with Crippen LogP contribution in [0, 0.1) is 31.6 Å². The monoisotopic (exact) mass is 248 g/mol. The van der Waals surface area contributed by atoms with Gasteiger partial charge in [-0.05, 0) is 18.8 Å². The van der Waals surface area contributed by atoms with Crippen LogP contribution in [-0.4, -0.2) is 0 Å². The van der Waals surface area contributed by atoms with E-state index in [0.29, 0.717) is 0 Å². The van der Waals surface area contributed by atoms with E-state index in [1.54, 1.807) is 0 Å². The predicted molar refractivity (Wildman–Crippen MR) is 83.1 cm³/mol. The molecule has 104 valence electrons.